The highest BCUT2D eigenvalue weighted by atomic mass is 16.5. The largest absolute Gasteiger partial charge is 0.487 e. The van der Waals surface area contributed by atoms with Gasteiger partial charge in [0.05, 0.1) is 5.69 Å². The SMILES string of the molecule is O=C(O)C1CC(c2cccc(OCc3ccccn3)c2)=CN1. The molecule has 5 heteroatoms. The number of carbonyl (C=O) groups is 1. The number of carboxylic acid groups (broad SMARTS) is 1. The van der Waals surface area contributed by atoms with Crippen LogP contribution in [-0.2, 0) is 11.4 Å². The number of pyridine rings is 1. The Morgan fingerprint density at radius 3 is 2.95 bits per heavy atom. The van der Waals surface area contributed by atoms with E-state index in [1.54, 1.807) is 12.4 Å². The quantitative estimate of drug-likeness (QED) is 0.886. The number of benzene rings is 1. The molecule has 2 aromatic rings. The third-order valence-corrected chi connectivity index (χ3v) is 3.50. The van der Waals surface area contributed by atoms with E-state index in [0.717, 1.165) is 22.6 Å². The van der Waals surface area contributed by atoms with Gasteiger partial charge < -0.3 is 15.2 Å². The van der Waals surface area contributed by atoms with Crippen molar-refractivity contribution in [2.24, 2.45) is 0 Å². The van der Waals surface area contributed by atoms with Crippen LogP contribution in [0.5, 0.6) is 5.75 Å². The first kappa shape index (κ1) is 14.1. The predicted molar refractivity (Wildman–Crippen MR) is 82.2 cm³/mol. The molecule has 1 aromatic heterocycles. The number of ether oxygens (including phenoxy) is 1. The van der Waals surface area contributed by atoms with E-state index in [1.807, 2.05) is 42.5 Å². The van der Waals surface area contributed by atoms with Gasteiger partial charge in [0.1, 0.15) is 18.4 Å². The molecule has 2 N–H and O–H groups in total. The number of rotatable bonds is 5. The predicted octanol–water partition coefficient (Wildman–Crippen LogP) is 2.45. The number of aliphatic carboxylic acids is 1. The van der Waals surface area contributed by atoms with Crippen LogP contribution in [0.3, 0.4) is 0 Å². The Morgan fingerprint density at radius 2 is 2.23 bits per heavy atom. The van der Waals surface area contributed by atoms with E-state index in [2.05, 4.69) is 10.3 Å². The maximum atomic E-state index is 11.0. The molecule has 3 rings (SSSR count). The van der Waals surface area contributed by atoms with Crippen LogP contribution in [0, 0.1) is 0 Å². The molecule has 5 nitrogen and oxygen atoms in total. The molecule has 22 heavy (non-hydrogen) atoms. The van der Waals surface area contributed by atoms with Crippen molar-refractivity contribution < 1.29 is 14.6 Å². The molecule has 1 atom stereocenters. The first-order chi connectivity index (χ1) is 10.7. The van der Waals surface area contributed by atoms with Crippen molar-refractivity contribution in [1.29, 1.82) is 0 Å². The molecule has 112 valence electrons. The molecule has 1 aliphatic heterocycles. The van der Waals surface area contributed by atoms with Gasteiger partial charge in [-0.1, -0.05) is 18.2 Å². The topological polar surface area (TPSA) is 71.5 Å². The molecular weight excluding hydrogens is 280 g/mol. The zero-order valence-corrected chi connectivity index (χ0v) is 11.9. The summed E-state index contributed by atoms with van der Waals surface area (Å²) in [4.78, 5) is 15.2. The lowest BCUT2D eigenvalue weighted by Crippen LogP contribution is -2.28. The van der Waals surface area contributed by atoms with Gasteiger partial charge in [-0.2, -0.15) is 0 Å². The zero-order valence-electron chi connectivity index (χ0n) is 11.9. The fourth-order valence-electron chi connectivity index (χ4n) is 2.33. The third kappa shape index (κ3) is 3.25. The Bertz CT molecular complexity index is 698. The highest BCUT2D eigenvalue weighted by Gasteiger charge is 2.23. The minimum absolute atomic E-state index is 0.402. The Morgan fingerprint density at radius 1 is 1.32 bits per heavy atom. The van der Waals surface area contributed by atoms with E-state index in [4.69, 9.17) is 9.84 Å². The highest BCUT2D eigenvalue weighted by molar-refractivity contribution is 5.81. The lowest BCUT2D eigenvalue weighted by molar-refractivity contribution is -0.138. The molecule has 0 aliphatic carbocycles. The van der Waals surface area contributed by atoms with Crippen molar-refractivity contribution in [2.75, 3.05) is 0 Å². The van der Waals surface area contributed by atoms with Crippen LogP contribution in [-0.4, -0.2) is 22.1 Å². The number of nitrogens with zero attached hydrogens (tertiary/aromatic N) is 1. The summed E-state index contributed by atoms with van der Waals surface area (Å²) >= 11 is 0. The molecule has 0 bridgehead atoms. The number of aromatic nitrogens is 1. The van der Waals surface area contributed by atoms with Gasteiger partial charge in [0.25, 0.3) is 0 Å². The zero-order chi connectivity index (χ0) is 15.4. The van der Waals surface area contributed by atoms with Crippen molar-refractivity contribution in [3.8, 4) is 5.75 Å². The third-order valence-electron chi connectivity index (χ3n) is 3.50. The number of nitrogens with one attached hydrogen (secondary N) is 1. The van der Waals surface area contributed by atoms with Crippen molar-refractivity contribution in [2.45, 2.75) is 19.1 Å². The average molecular weight is 296 g/mol. The fourth-order valence-corrected chi connectivity index (χ4v) is 2.33. The summed E-state index contributed by atoms with van der Waals surface area (Å²) in [7, 11) is 0. The van der Waals surface area contributed by atoms with Gasteiger partial charge in [0.15, 0.2) is 0 Å². The van der Waals surface area contributed by atoms with E-state index in [1.165, 1.54) is 0 Å². The molecule has 0 saturated heterocycles. The van der Waals surface area contributed by atoms with Crippen LogP contribution >= 0.6 is 0 Å². The van der Waals surface area contributed by atoms with E-state index >= 15 is 0 Å². The molecule has 0 radical (unpaired) electrons. The Balaban J connectivity index is 1.67. The van der Waals surface area contributed by atoms with E-state index in [9.17, 15) is 4.79 Å². The molecular formula is C17H16N2O3. The Kier molecular flexibility index (Phi) is 4.05. The summed E-state index contributed by atoms with van der Waals surface area (Å²) in [6.45, 7) is 0.402. The second-order valence-corrected chi connectivity index (χ2v) is 5.07. The summed E-state index contributed by atoms with van der Waals surface area (Å²) < 4.78 is 5.74. The molecule has 1 aromatic carbocycles. The maximum absolute atomic E-state index is 11.0. The lowest BCUT2D eigenvalue weighted by Gasteiger charge is -2.09. The van der Waals surface area contributed by atoms with Crippen LogP contribution < -0.4 is 10.1 Å². The van der Waals surface area contributed by atoms with E-state index < -0.39 is 12.0 Å². The van der Waals surface area contributed by atoms with Crippen molar-refractivity contribution in [3.05, 3.63) is 66.1 Å². The summed E-state index contributed by atoms with van der Waals surface area (Å²) in [5.74, 6) is -0.100. The summed E-state index contributed by atoms with van der Waals surface area (Å²) in [5, 5.41) is 11.9. The second kappa shape index (κ2) is 6.30. The smallest absolute Gasteiger partial charge is 0.326 e. The van der Waals surface area contributed by atoms with Gasteiger partial charge in [-0.15, -0.1) is 0 Å². The van der Waals surface area contributed by atoms with Crippen LogP contribution in [0.25, 0.3) is 5.57 Å². The molecule has 1 unspecified atom stereocenters. The monoisotopic (exact) mass is 296 g/mol. The highest BCUT2D eigenvalue weighted by Crippen LogP contribution is 2.27. The molecule has 0 spiro atoms. The summed E-state index contributed by atoms with van der Waals surface area (Å²) in [6, 6.07) is 12.8. The van der Waals surface area contributed by atoms with E-state index in [-0.39, 0.29) is 0 Å². The first-order valence-electron chi connectivity index (χ1n) is 7.03. The van der Waals surface area contributed by atoms with Crippen molar-refractivity contribution >= 4 is 11.5 Å². The van der Waals surface area contributed by atoms with E-state index in [0.29, 0.717) is 13.0 Å². The minimum atomic E-state index is -0.839. The van der Waals surface area contributed by atoms with Gasteiger partial charge in [-0.3, -0.25) is 4.98 Å². The van der Waals surface area contributed by atoms with Gasteiger partial charge in [-0.05, 0) is 35.4 Å². The number of carboxylic acids is 1. The molecule has 2 heterocycles. The molecule has 0 fully saturated rings. The van der Waals surface area contributed by atoms with Crippen LogP contribution in [0.15, 0.2) is 54.9 Å². The summed E-state index contributed by atoms with van der Waals surface area (Å²) in [5.41, 5.74) is 2.80. The molecule has 1 aliphatic rings. The second-order valence-electron chi connectivity index (χ2n) is 5.07. The first-order valence-corrected chi connectivity index (χ1v) is 7.03. The standard InChI is InChI=1S/C17H16N2O3/c20-17(21)16-9-13(10-19-16)12-4-3-6-15(8-12)22-11-14-5-1-2-7-18-14/h1-8,10,16,19H,9,11H2,(H,20,21). The van der Waals surface area contributed by atoms with Gasteiger partial charge in [-0.25, -0.2) is 4.79 Å². The number of hydrogen-bond donors (Lipinski definition) is 2. The van der Waals surface area contributed by atoms with Crippen molar-refractivity contribution in [3.63, 3.8) is 0 Å². The molecule has 0 amide bonds. The van der Waals surface area contributed by atoms with Gasteiger partial charge in [0.2, 0.25) is 0 Å². The fraction of sp³-hybridized carbons (Fsp3) is 0.176. The Hall–Kier alpha value is -2.82. The van der Waals surface area contributed by atoms with Crippen molar-refractivity contribution in [1.82, 2.24) is 10.3 Å². The normalized spacial score (nSPS) is 16.7. The summed E-state index contributed by atoms with van der Waals surface area (Å²) in [6.07, 6.45) is 3.96. The minimum Gasteiger partial charge on any atom is -0.487 e. The van der Waals surface area contributed by atoms with Crippen LogP contribution in [0.4, 0.5) is 0 Å². The van der Waals surface area contributed by atoms with Gasteiger partial charge >= 0.3 is 5.97 Å². The molecule has 0 saturated carbocycles. The number of hydrogen-bond acceptors (Lipinski definition) is 4. The average Bonchev–Trinajstić information content (AvgIpc) is 3.05. The maximum Gasteiger partial charge on any atom is 0.326 e. The van der Waals surface area contributed by atoms with Gasteiger partial charge in [0, 0.05) is 18.8 Å². The lowest BCUT2D eigenvalue weighted by atomic mass is 10.0. The van der Waals surface area contributed by atoms with Crippen LogP contribution in [0.2, 0.25) is 0 Å². The Labute approximate surface area is 128 Å². The van der Waals surface area contributed by atoms with Crippen LogP contribution in [0.1, 0.15) is 17.7 Å².